The van der Waals surface area contributed by atoms with Crippen LogP contribution in [0.15, 0.2) is 0 Å². The topological polar surface area (TPSA) is 102 Å². The number of carboxylic acid groups (broad SMARTS) is 1. The quantitative estimate of drug-likeness (QED) is 0.444. The minimum absolute atomic E-state index is 0.000324. The molecule has 4 N–H and O–H groups in total. The van der Waals surface area contributed by atoms with Crippen LogP contribution in [0.25, 0.3) is 0 Å². The number of aliphatic carboxylic acids is 1. The molecule has 0 aromatic carbocycles. The van der Waals surface area contributed by atoms with E-state index < -0.39 is 18.0 Å². The molecular formula is C12H25N3O4. The van der Waals surface area contributed by atoms with Crippen LogP contribution in [0.5, 0.6) is 0 Å². The van der Waals surface area contributed by atoms with E-state index in [0.717, 1.165) is 26.1 Å². The molecule has 0 aromatic rings. The Morgan fingerprint density at radius 1 is 1.26 bits per heavy atom. The van der Waals surface area contributed by atoms with Gasteiger partial charge in [0, 0.05) is 26.1 Å². The minimum atomic E-state index is -1.15. The van der Waals surface area contributed by atoms with Crippen molar-refractivity contribution in [3.8, 4) is 0 Å². The number of nitrogens with one attached hydrogen (secondary N) is 2. The maximum Gasteiger partial charge on any atom is 0.326 e. The van der Waals surface area contributed by atoms with Gasteiger partial charge in [-0.1, -0.05) is 13.8 Å². The molecule has 0 radical (unpaired) electrons. The van der Waals surface area contributed by atoms with Crippen LogP contribution < -0.4 is 10.6 Å². The summed E-state index contributed by atoms with van der Waals surface area (Å²) in [5.41, 5.74) is 0. The lowest BCUT2D eigenvalue weighted by Crippen LogP contribution is -2.48. The number of amides is 2. The molecule has 0 saturated carbocycles. The van der Waals surface area contributed by atoms with Gasteiger partial charge >= 0.3 is 12.0 Å². The molecule has 0 aliphatic carbocycles. The molecule has 7 heteroatoms. The smallest absolute Gasteiger partial charge is 0.326 e. The van der Waals surface area contributed by atoms with Crippen molar-refractivity contribution in [2.24, 2.45) is 0 Å². The van der Waals surface area contributed by atoms with Gasteiger partial charge in [-0.3, -0.25) is 0 Å². The summed E-state index contributed by atoms with van der Waals surface area (Å²) in [4.78, 5) is 24.4. The first kappa shape index (κ1) is 17.7. The number of nitrogens with zero attached hydrogens (tertiary/aromatic N) is 1. The van der Waals surface area contributed by atoms with E-state index in [1.807, 2.05) is 0 Å². The lowest BCUT2D eigenvalue weighted by atomic mass is 10.2. The lowest BCUT2D eigenvalue weighted by molar-refractivity contribution is -0.139. The zero-order valence-electron chi connectivity index (χ0n) is 11.7. The molecular weight excluding hydrogens is 250 g/mol. The zero-order valence-corrected chi connectivity index (χ0v) is 11.7. The Bertz CT molecular complexity index is 274. The van der Waals surface area contributed by atoms with E-state index in [9.17, 15) is 9.59 Å². The Balaban J connectivity index is 3.93. The fraction of sp³-hybridized carbons (Fsp3) is 0.833. The maximum absolute atomic E-state index is 11.5. The van der Waals surface area contributed by atoms with E-state index in [-0.39, 0.29) is 13.0 Å². The highest BCUT2D eigenvalue weighted by Gasteiger charge is 2.18. The molecule has 0 aromatic heterocycles. The van der Waals surface area contributed by atoms with Gasteiger partial charge < -0.3 is 25.7 Å². The largest absolute Gasteiger partial charge is 0.480 e. The van der Waals surface area contributed by atoms with Crippen molar-refractivity contribution in [2.75, 3.05) is 32.8 Å². The van der Waals surface area contributed by atoms with Crippen molar-refractivity contribution >= 4 is 12.0 Å². The molecule has 2 amide bonds. The average Bonchev–Trinajstić information content (AvgIpc) is 2.37. The molecule has 0 bridgehead atoms. The van der Waals surface area contributed by atoms with Gasteiger partial charge in [0.2, 0.25) is 0 Å². The number of urea groups is 1. The predicted octanol–water partition coefficient (Wildman–Crippen LogP) is -0.147. The van der Waals surface area contributed by atoms with E-state index in [4.69, 9.17) is 10.2 Å². The third kappa shape index (κ3) is 8.39. The first-order valence-electron chi connectivity index (χ1n) is 6.65. The van der Waals surface area contributed by atoms with Crippen LogP contribution in [-0.4, -0.2) is 65.9 Å². The highest BCUT2D eigenvalue weighted by atomic mass is 16.4. The van der Waals surface area contributed by atoms with Crippen molar-refractivity contribution in [1.29, 1.82) is 0 Å². The first-order chi connectivity index (χ1) is 9.04. The van der Waals surface area contributed by atoms with E-state index in [1.54, 1.807) is 0 Å². The van der Waals surface area contributed by atoms with Crippen LogP contribution in [0.2, 0.25) is 0 Å². The molecule has 19 heavy (non-hydrogen) atoms. The summed E-state index contributed by atoms with van der Waals surface area (Å²) in [6, 6.07) is -1.57. The zero-order chi connectivity index (χ0) is 14.7. The molecule has 1 unspecified atom stereocenters. The summed E-state index contributed by atoms with van der Waals surface area (Å²) in [6.45, 7) is 6.95. The summed E-state index contributed by atoms with van der Waals surface area (Å²) in [5, 5.41) is 22.4. The lowest BCUT2D eigenvalue weighted by Gasteiger charge is -2.20. The van der Waals surface area contributed by atoms with Crippen LogP contribution in [0.3, 0.4) is 0 Å². The monoisotopic (exact) mass is 275 g/mol. The van der Waals surface area contributed by atoms with Crippen molar-refractivity contribution < 1.29 is 19.8 Å². The molecule has 0 fully saturated rings. The molecule has 0 heterocycles. The van der Waals surface area contributed by atoms with Gasteiger partial charge in [-0.25, -0.2) is 9.59 Å². The second-order valence-electron chi connectivity index (χ2n) is 4.24. The van der Waals surface area contributed by atoms with Gasteiger partial charge in [0.15, 0.2) is 0 Å². The van der Waals surface area contributed by atoms with Gasteiger partial charge in [-0.2, -0.15) is 0 Å². The van der Waals surface area contributed by atoms with Crippen LogP contribution in [-0.2, 0) is 4.79 Å². The van der Waals surface area contributed by atoms with Gasteiger partial charge in [-0.05, 0) is 19.5 Å². The number of carbonyl (C=O) groups excluding carboxylic acids is 1. The molecule has 0 aliphatic heterocycles. The van der Waals surface area contributed by atoms with E-state index in [0.29, 0.717) is 6.54 Å². The number of hydrogen-bond donors (Lipinski definition) is 4. The Kier molecular flexibility index (Phi) is 9.82. The Labute approximate surface area is 114 Å². The van der Waals surface area contributed by atoms with Gasteiger partial charge in [-0.15, -0.1) is 0 Å². The number of likely N-dealkylation sites (N-methyl/N-ethyl adjacent to an activating group) is 1. The molecule has 0 rings (SSSR count). The molecule has 112 valence electrons. The number of hydrogen-bond acceptors (Lipinski definition) is 4. The number of aliphatic hydroxyl groups is 1. The SMILES string of the molecule is CCCN(CC)CCNC(=O)NC(CCO)C(=O)O. The van der Waals surface area contributed by atoms with Crippen molar-refractivity contribution in [2.45, 2.75) is 32.7 Å². The molecule has 1 atom stereocenters. The molecule has 0 aliphatic rings. The van der Waals surface area contributed by atoms with Gasteiger partial charge in [0.1, 0.15) is 6.04 Å². The van der Waals surface area contributed by atoms with E-state index in [2.05, 4.69) is 29.4 Å². The standard InChI is InChI=1S/C12H25N3O4/c1-3-7-15(4-2)8-6-13-12(19)14-10(5-9-16)11(17)18/h10,16H,3-9H2,1-2H3,(H,17,18)(H2,13,14,19). The van der Waals surface area contributed by atoms with Crippen LogP contribution in [0, 0.1) is 0 Å². The van der Waals surface area contributed by atoms with Crippen molar-refractivity contribution in [1.82, 2.24) is 15.5 Å². The molecule has 0 saturated heterocycles. The number of rotatable bonds is 10. The Morgan fingerprint density at radius 2 is 1.95 bits per heavy atom. The fourth-order valence-corrected chi connectivity index (χ4v) is 1.67. The summed E-state index contributed by atoms with van der Waals surface area (Å²) in [5.74, 6) is -1.15. The van der Waals surface area contributed by atoms with Gasteiger partial charge in [0.05, 0.1) is 0 Å². The fourth-order valence-electron chi connectivity index (χ4n) is 1.67. The summed E-state index contributed by atoms with van der Waals surface area (Å²) >= 11 is 0. The number of aliphatic hydroxyl groups excluding tert-OH is 1. The van der Waals surface area contributed by atoms with E-state index >= 15 is 0 Å². The second-order valence-corrected chi connectivity index (χ2v) is 4.24. The van der Waals surface area contributed by atoms with Gasteiger partial charge in [0.25, 0.3) is 0 Å². The Hall–Kier alpha value is -1.34. The Morgan fingerprint density at radius 3 is 2.42 bits per heavy atom. The highest BCUT2D eigenvalue weighted by Crippen LogP contribution is 1.92. The van der Waals surface area contributed by atoms with E-state index in [1.165, 1.54) is 0 Å². The van der Waals surface area contributed by atoms with Crippen molar-refractivity contribution in [3.63, 3.8) is 0 Å². The van der Waals surface area contributed by atoms with Crippen LogP contribution in [0.1, 0.15) is 26.7 Å². The first-order valence-corrected chi connectivity index (χ1v) is 6.65. The second kappa shape index (κ2) is 10.6. The summed E-state index contributed by atoms with van der Waals surface area (Å²) in [7, 11) is 0. The third-order valence-electron chi connectivity index (χ3n) is 2.72. The summed E-state index contributed by atoms with van der Waals surface area (Å²) in [6.07, 6.45) is 1.05. The average molecular weight is 275 g/mol. The highest BCUT2D eigenvalue weighted by molar-refractivity contribution is 5.82. The molecule has 7 nitrogen and oxygen atoms in total. The number of carbonyl (C=O) groups is 2. The predicted molar refractivity (Wildman–Crippen MR) is 72.1 cm³/mol. The molecule has 0 spiro atoms. The normalized spacial score (nSPS) is 12.2. The summed E-state index contributed by atoms with van der Waals surface area (Å²) < 4.78 is 0. The van der Waals surface area contributed by atoms with Crippen LogP contribution in [0.4, 0.5) is 4.79 Å². The third-order valence-corrected chi connectivity index (χ3v) is 2.72. The van der Waals surface area contributed by atoms with Crippen molar-refractivity contribution in [3.05, 3.63) is 0 Å². The number of carboxylic acids is 1. The van der Waals surface area contributed by atoms with Crippen LogP contribution >= 0.6 is 0 Å². The maximum atomic E-state index is 11.5. The minimum Gasteiger partial charge on any atom is -0.480 e.